The number of anilines is 1. The van der Waals surface area contributed by atoms with Crippen molar-refractivity contribution in [2.75, 3.05) is 32.3 Å². The quantitative estimate of drug-likeness (QED) is 0.576. The number of rotatable bonds is 5. The van der Waals surface area contributed by atoms with Crippen LogP contribution in [-0.2, 0) is 11.2 Å². The summed E-state index contributed by atoms with van der Waals surface area (Å²) >= 11 is 1.69. The van der Waals surface area contributed by atoms with Crippen LogP contribution >= 0.6 is 11.8 Å². The van der Waals surface area contributed by atoms with E-state index in [-0.39, 0.29) is 5.97 Å². The van der Waals surface area contributed by atoms with E-state index in [0.717, 1.165) is 30.8 Å². The fourth-order valence-corrected chi connectivity index (χ4v) is 3.25. The molecule has 3 rings (SSSR count). The van der Waals surface area contributed by atoms with E-state index in [2.05, 4.69) is 51.5 Å². The van der Waals surface area contributed by atoms with Crippen LogP contribution in [0.25, 0.3) is 5.57 Å². The number of pyridine rings is 1. The van der Waals surface area contributed by atoms with Gasteiger partial charge < -0.3 is 14.8 Å². The minimum Gasteiger partial charge on any atom is -0.493 e. The highest BCUT2D eigenvalue weighted by Crippen LogP contribution is 2.29. The monoisotopic (exact) mass is 398 g/mol. The highest BCUT2D eigenvalue weighted by atomic mass is 32.2. The fourth-order valence-electron chi connectivity index (χ4n) is 2.76. The number of benzene rings is 1. The lowest BCUT2D eigenvalue weighted by atomic mass is 10.0. The highest BCUT2D eigenvalue weighted by molar-refractivity contribution is 8.01. The molecule has 0 aliphatic carbocycles. The molecule has 28 heavy (non-hydrogen) atoms. The van der Waals surface area contributed by atoms with Crippen LogP contribution in [0.1, 0.15) is 27.9 Å². The van der Waals surface area contributed by atoms with E-state index in [4.69, 9.17) is 4.74 Å². The molecule has 0 saturated carbocycles. The number of ether oxygens (including phenoxy) is 2. The van der Waals surface area contributed by atoms with Gasteiger partial charge in [0.25, 0.3) is 0 Å². The van der Waals surface area contributed by atoms with Gasteiger partial charge in [-0.15, -0.1) is 11.8 Å². The van der Waals surface area contributed by atoms with Crippen molar-refractivity contribution >= 4 is 29.0 Å². The van der Waals surface area contributed by atoms with E-state index >= 15 is 0 Å². The molecule has 0 spiro atoms. The second kappa shape index (κ2) is 11.2. The summed E-state index contributed by atoms with van der Waals surface area (Å²) in [5.74, 6) is 0.680. The van der Waals surface area contributed by atoms with Crippen LogP contribution in [-0.4, -0.2) is 38.0 Å². The molecule has 148 valence electrons. The van der Waals surface area contributed by atoms with E-state index in [1.54, 1.807) is 37.3 Å². The Kier molecular flexibility index (Phi) is 8.62. The summed E-state index contributed by atoms with van der Waals surface area (Å²) in [5.41, 5.74) is 4.83. The number of fused-ring (bicyclic) bond motifs is 1. The Morgan fingerprint density at radius 3 is 2.89 bits per heavy atom. The SMILES string of the molecule is C=C/C(=C\SC)c1ccc2c(c1)OCCC2.CNc1cnccc1C(=O)OC. The predicted molar refractivity (Wildman–Crippen MR) is 117 cm³/mol. The van der Waals surface area contributed by atoms with E-state index in [1.807, 2.05) is 6.08 Å². The average Bonchev–Trinajstić information content (AvgIpc) is 2.77. The van der Waals surface area contributed by atoms with Gasteiger partial charge in [0, 0.05) is 13.2 Å². The molecule has 0 radical (unpaired) electrons. The summed E-state index contributed by atoms with van der Waals surface area (Å²) in [4.78, 5) is 15.0. The first-order chi connectivity index (χ1) is 13.6. The summed E-state index contributed by atoms with van der Waals surface area (Å²) in [6.45, 7) is 4.69. The molecule has 0 bridgehead atoms. The third-order valence-corrected chi connectivity index (χ3v) is 4.70. The first-order valence-electron chi connectivity index (χ1n) is 8.96. The van der Waals surface area contributed by atoms with Crippen molar-refractivity contribution in [3.63, 3.8) is 0 Å². The van der Waals surface area contributed by atoms with Gasteiger partial charge in [-0.25, -0.2) is 4.79 Å². The second-order valence-electron chi connectivity index (χ2n) is 5.95. The molecule has 0 saturated heterocycles. The molecule has 5 nitrogen and oxygen atoms in total. The van der Waals surface area contributed by atoms with Gasteiger partial charge in [0.05, 0.1) is 31.2 Å². The Bertz CT molecular complexity index is 849. The van der Waals surface area contributed by atoms with E-state index in [1.165, 1.54) is 18.2 Å². The van der Waals surface area contributed by atoms with Crippen LogP contribution in [0.5, 0.6) is 5.75 Å². The molecule has 1 N–H and O–H groups in total. The van der Waals surface area contributed by atoms with Crippen LogP contribution in [0.3, 0.4) is 0 Å². The number of nitrogens with one attached hydrogen (secondary N) is 1. The zero-order valence-electron chi connectivity index (χ0n) is 16.5. The molecule has 0 amide bonds. The molecule has 1 aliphatic heterocycles. The first kappa shape index (κ1) is 21.6. The van der Waals surface area contributed by atoms with Crippen LogP contribution in [0.2, 0.25) is 0 Å². The van der Waals surface area contributed by atoms with E-state index < -0.39 is 0 Å². The predicted octanol–water partition coefficient (Wildman–Crippen LogP) is 4.81. The number of thioether (sulfide) groups is 1. The van der Waals surface area contributed by atoms with Crippen molar-refractivity contribution in [3.8, 4) is 5.75 Å². The maximum Gasteiger partial charge on any atom is 0.340 e. The number of carbonyl (C=O) groups excluding carboxylic acids is 1. The molecule has 0 unspecified atom stereocenters. The third kappa shape index (κ3) is 5.63. The van der Waals surface area contributed by atoms with Crippen molar-refractivity contribution in [2.24, 2.45) is 0 Å². The zero-order chi connectivity index (χ0) is 20.4. The fraction of sp³-hybridized carbons (Fsp3) is 0.273. The number of allylic oxidation sites excluding steroid dienone is 2. The topological polar surface area (TPSA) is 60.5 Å². The number of methoxy groups -OCH3 is 1. The maximum atomic E-state index is 11.1. The number of hydrogen-bond donors (Lipinski definition) is 1. The lowest BCUT2D eigenvalue weighted by Crippen LogP contribution is -2.08. The molecular weight excluding hydrogens is 372 g/mol. The van der Waals surface area contributed by atoms with Crippen LogP contribution in [0.4, 0.5) is 5.69 Å². The Balaban J connectivity index is 0.000000209. The van der Waals surface area contributed by atoms with Crippen LogP contribution < -0.4 is 10.1 Å². The van der Waals surface area contributed by atoms with Crippen molar-refractivity contribution < 1.29 is 14.3 Å². The number of aromatic nitrogens is 1. The van der Waals surface area contributed by atoms with Gasteiger partial charge in [0.15, 0.2) is 0 Å². The molecule has 0 fully saturated rings. The minimum atomic E-state index is -0.359. The van der Waals surface area contributed by atoms with Crippen molar-refractivity contribution in [1.29, 1.82) is 0 Å². The Morgan fingerprint density at radius 2 is 2.21 bits per heavy atom. The van der Waals surface area contributed by atoms with E-state index in [0.29, 0.717) is 11.3 Å². The van der Waals surface area contributed by atoms with Crippen LogP contribution in [0.15, 0.2) is 54.7 Å². The summed E-state index contributed by atoms with van der Waals surface area (Å²) in [6.07, 6.45) is 9.32. The molecule has 2 heterocycles. The number of esters is 1. The van der Waals surface area contributed by atoms with Gasteiger partial charge in [-0.3, -0.25) is 4.98 Å². The van der Waals surface area contributed by atoms with Crippen molar-refractivity contribution in [1.82, 2.24) is 4.98 Å². The second-order valence-corrected chi connectivity index (χ2v) is 6.66. The molecule has 6 heteroatoms. The van der Waals surface area contributed by atoms with Gasteiger partial charge in [0.2, 0.25) is 0 Å². The average molecular weight is 399 g/mol. The summed E-state index contributed by atoms with van der Waals surface area (Å²) in [6, 6.07) is 8.05. The molecule has 1 aromatic carbocycles. The molecule has 2 aromatic rings. The maximum absolute atomic E-state index is 11.1. The van der Waals surface area contributed by atoms with Crippen molar-refractivity contribution in [3.05, 3.63) is 71.4 Å². The van der Waals surface area contributed by atoms with Crippen LogP contribution in [0, 0.1) is 0 Å². The normalized spacial score (nSPS) is 12.6. The van der Waals surface area contributed by atoms with Gasteiger partial charge in [-0.05, 0) is 53.3 Å². The van der Waals surface area contributed by atoms with Gasteiger partial charge in [-0.2, -0.15) is 0 Å². The zero-order valence-corrected chi connectivity index (χ0v) is 17.3. The Labute approximate surface area is 170 Å². The summed E-state index contributed by atoms with van der Waals surface area (Å²) in [5, 5.41) is 4.96. The third-order valence-electron chi connectivity index (χ3n) is 4.21. The number of aryl methyl sites for hydroxylation is 1. The molecule has 1 aromatic heterocycles. The van der Waals surface area contributed by atoms with Gasteiger partial charge >= 0.3 is 5.97 Å². The number of nitrogens with zero attached hydrogens (tertiary/aromatic N) is 1. The Morgan fingerprint density at radius 1 is 1.39 bits per heavy atom. The number of carbonyl (C=O) groups is 1. The molecule has 1 aliphatic rings. The van der Waals surface area contributed by atoms with Gasteiger partial charge in [-0.1, -0.05) is 24.8 Å². The number of hydrogen-bond acceptors (Lipinski definition) is 6. The standard InChI is InChI=1S/C14H16OS.C8H10N2O2/c1-3-11(10-16-2)13-7-6-12-5-4-8-15-14(12)9-13;1-9-7-5-10-4-3-6(7)8(11)12-2/h3,6-7,9-10H,1,4-5,8H2,2H3;3-5,9H,1-2H3/b11-10+;. The van der Waals surface area contributed by atoms with Crippen molar-refractivity contribution in [2.45, 2.75) is 12.8 Å². The van der Waals surface area contributed by atoms with E-state index in [9.17, 15) is 4.79 Å². The lowest BCUT2D eigenvalue weighted by Gasteiger charge is -2.18. The largest absolute Gasteiger partial charge is 0.493 e. The highest BCUT2D eigenvalue weighted by Gasteiger charge is 2.11. The molecule has 0 atom stereocenters. The minimum absolute atomic E-state index is 0.359. The first-order valence-corrected chi connectivity index (χ1v) is 10.2. The van der Waals surface area contributed by atoms with Gasteiger partial charge in [0.1, 0.15) is 5.75 Å². The lowest BCUT2D eigenvalue weighted by molar-refractivity contribution is 0.0601. The molecular formula is C22H26N2O3S. The summed E-state index contributed by atoms with van der Waals surface area (Å²) < 4.78 is 10.2. The smallest absolute Gasteiger partial charge is 0.340 e. The Hall–Kier alpha value is -2.73. The summed E-state index contributed by atoms with van der Waals surface area (Å²) in [7, 11) is 3.08.